The number of fused-ring (bicyclic) bond motifs is 1. The van der Waals surface area contributed by atoms with Gasteiger partial charge in [-0.05, 0) is 55.5 Å². The molecule has 0 amide bonds. The molecule has 25 heavy (non-hydrogen) atoms. The molecule has 0 aromatic heterocycles. The number of anilines is 1. The number of nitrogens with one attached hydrogen (secondary N) is 1. The Morgan fingerprint density at radius 1 is 1.24 bits per heavy atom. The minimum Gasteiger partial charge on any atom is -0.368 e. The van der Waals surface area contributed by atoms with Crippen molar-refractivity contribution in [1.82, 2.24) is 10.2 Å². The SMILES string of the molecule is CCN1CCC(N2CCc3ccc(C(C=O)NCC(C)C)cc32)CC1. The van der Waals surface area contributed by atoms with Crippen LogP contribution in [-0.4, -0.2) is 50.0 Å². The number of carbonyl (C=O) groups is 1. The van der Waals surface area contributed by atoms with Crippen LogP contribution in [0.3, 0.4) is 0 Å². The minimum atomic E-state index is -0.197. The number of carbonyl (C=O) groups excluding carboxylic acids is 1. The van der Waals surface area contributed by atoms with E-state index < -0.39 is 0 Å². The maximum Gasteiger partial charge on any atom is 0.141 e. The molecule has 0 aliphatic carbocycles. The molecule has 0 saturated carbocycles. The predicted octanol–water partition coefficient (Wildman–Crippen LogP) is 3.02. The summed E-state index contributed by atoms with van der Waals surface area (Å²) in [6, 6.07) is 7.09. The fourth-order valence-electron chi connectivity index (χ4n) is 4.15. The molecule has 0 bridgehead atoms. The monoisotopic (exact) mass is 343 g/mol. The van der Waals surface area contributed by atoms with E-state index in [9.17, 15) is 4.79 Å². The Morgan fingerprint density at radius 3 is 2.64 bits per heavy atom. The highest BCUT2D eigenvalue weighted by molar-refractivity contribution is 5.66. The summed E-state index contributed by atoms with van der Waals surface area (Å²) < 4.78 is 0. The summed E-state index contributed by atoms with van der Waals surface area (Å²) in [5.41, 5.74) is 3.91. The van der Waals surface area contributed by atoms with E-state index in [1.807, 2.05) is 0 Å². The standard InChI is InChI=1S/C21H33N3O/c1-4-23-10-8-19(9-11-23)24-12-7-17-5-6-18(13-21(17)24)20(15-25)22-14-16(2)3/h5-6,13,15-16,19-20,22H,4,7-12,14H2,1-3H3. The number of rotatable bonds is 7. The van der Waals surface area contributed by atoms with Crippen molar-refractivity contribution in [3.8, 4) is 0 Å². The van der Waals surface area contributed by atoms with Gasteiger partial charge >= 0.3 is 0 Å². The molecule has 1 atom stereocenters. The van der Waals surface area contributed by atoms with Gasteiger partial charge in [-0.2, -0.15) is 0 Å². The molecule has 1 N–H and O–H groups in total. The van der Waals surface area contributed by atoms with Crippen molar-refractivity contribution in [3.05, 3.63) is 29.3 Å². The van der Waals surface area contributed by atoms with Gasteiger partial charge in [-0.15, -0.1) is 0 Å². The lowest BCUT2D eigenvalue weighted by molar-refractivity contribution is -0.109. The summed E-state index contributed by atoms with van der Waals surface area (Å²) in [4.78, 5) is 16.7. The highest BCUT2D eigenvalue weighted by atomic mass is 16.1. The number of benzene rings is 1. The largest absolute Gasteiger partial charge is 0.368 e. The third-order valence-electron chi connectivity index (χ3n) is 5.73. The maximum absolute atomic E-state index is 11.6. The Bertz CT molecular complexity index is 579. The van der Waals surface area contributed by atoms with Crippen molar-refractivity contribution in [2.24, 2.45) is 5.92 Å². The molecule has 2 aliphatic heterocycles. The smallest absolute Gasteiger partial charge is 0.141 e. The van der Waals surface area contributed by atoms with Crippen molar-refractivity contribution in [3.63, 3.8) is 0 Å². The zero-order valence-electron chi connectivity index (χ0n) is 16.0. The fourth-order valence-corrected chi connectivity index (χ4v) is 4.15. The van der Waals surface area contributed by atoms with Crippen LogP contribution in [0.4, 0.5) is 5.69 Å². The van der Waals surface area contributed by atoms with E-state index in [-0.39, 0.29) is 6.04 Å². The van der Waals surface area contributed by atoms with E-state index in [0.29, 0.717) is 12.0 Å². The number of hydrogen-bond donors (Lipinski definition) is 1. The zero-order chi connectivity index (χ0) is 17.8. The number of piperidine rings is 1. The summed E-state index contributed by atoms with van der Waals surface area (Å²) >= 11 is 0. The summed E-state index contributed by atoms with van der Waals surface area (Å²) in [6.07, 6.45) is 4.68. The summed E-state index contributed by atoms with van der Waals surface area (Å²) in [5, 5.41) is 3.39. The third-order valence-corrected chi connectivity index (χ3v) is 5.73. The third kappa shape index (κ3) is 4.24. The van der Waals surface area contributed by atoms with Crippen molar-refractivity contribution in [1.29, 1.82) is 0 Å². The van der Waals surface area contributed by atoms with E-state index >= 15 is 0 Å². The molecular weight excluding hydrogens is 310 g/mol. The first-order valence-corrected chi connectivity index (χ1v) is 9.92. The normalized spacial score (nSPS) is 20.1. The van der Waals surface area contributed by atoms with Gasteiger partial charge in [-0.3, -0.25) is 0 Å². The Hall–Kier alpha value is -1.39. The average Bonchev–Trinajstić information content (AvgIpc) is 3.05. The minimum absolute atomic E-state index is 0.197. The second kappa shape index (κ2) is 8.33. The maximum atomic E-state index is 11.6. The molecule has 0 radical (unpaired) electrons. The van der Waals surface area contributed by atoms with Crippen molar-refractivity contribution < 1.29 is 4.79 Å². The van der Waals surface area contributed by atoms with Gasteiger partial charge in [0.15, 0.2) is 0 Å². The van der Waals surface area contributed by atoms with E-state index in [0.717, 1.165) is 37.9 Å². The number of aldehydes is 1. The van der Waals surface area contributed by atoms with E-state index in [4.69, 9.17) is 0 Å². The van der Waals surface area contributed by atoms with Gasteiger partial charge in [0.05, 0.1) is 6.04 Å². The predicted molar refractivity (Wildman–Crippen MR) is 104 cm³/mol. The highest BCUT2D eigenvalue weighted by Gasteiger charge is 2.29. The van der Waals surface area contributed by atoms with Crippen LogP contribution in [0.2, 0.25) is 0 Å². The van der Waals surface area contributed by atoms with Gasteiger partial charge < -0.3 is 19.9 Å². The molecule has 0 spiro atoms. The molecule has 1 saturated heterocycles. The summed E-state index contributed by atoms with van der Waals surface area (Å²) in [5.74, 6) is 0.539. The second-order valence-electron chi connectivity index (χ2n) is 7.91. The van der Waals surface area contributed by atoms with Crippen LogP contribution in [0.5, 0.6) is 0 Å². The molecule has 4 nitrogen and oxygen atoms in total. The van der Waals surface area contributed by atoms with Crippen molar-refractivity contribution >= 4 is 12.0 Å². The lowest BCUT2D eigenvalue weighted by Crippen LogP contribution is -2.44. The fraction of sp³-hybridized carbons (Fsp3) is 0.667. The van der Waals surface area contributed by atoms with Gasteiger partial charge in [0.25, 0.3) is 0 Å². The highest BCUT2D eigenvalue weighted by Crippen LogP contribution is 2.34. The number of likely N-dealkylation sites (tertiary alicyclic amines) is 1. The Balaban J connectivity index is 1.73. The van der Waals surface area contributed by atoms with Crippen LogP contribution in [0, 0.1) is 5.92 Å². The number of nitrogens with zero attached hydrogens (tertiary/aromatic N) is 2. The van der Waals surface area contributed by atoms with Crippen LogP contribution in [0.1, 0.15) is 50.8 Å². The first kappa shape index (κ1) is 18.4. The van der Waals surface area contributed by atoms with Crippen LogP contribution in [0.15, 0.2) is 18.2 Å². The molecule has 1 aromatic carbocycles. The van der Waals surface area contributed by atoms with Crippen LogP contribution >= 0.6 is 0 Å². The quantitative estimate of drug-likeness (QED) is 0.772. The van der Waals surface area contributed by atoms with Gasteiger partial charge in [0.2, 0.25) is 0 Å². The van der Waals surface area contributed by atoms with Gasteiger partial charge in [0, 0.05) is 31.4 Å². The molecule has 1 unspecified atom stereocenters. The molecule has 138 valence electrons. The van der Waals surface area contributed by atoms with Gasteiger partial charge in [0.1, 0.15) is 6.29 Å². The Morgan fingerprint density at radius 2 is 2.00 bits per heavy atom. The lowest BCUT2D eigenvalue weighted by Gasteiger charge is -2.38. The lowest BCUT2D eigenvalue weighted by atomic mass is 10.0. The first-order valence-electron chi connectivity index (χ1n) is 9.92. The second-order valence-corrected chi connectivity index (χ2v) is 7.91. The van der Waals surface area contributed by atoms with Crippen LogP contribution in [-0.2, 0) is 11.2 Å². The molecule has 3 rings (SSSR count). The molecule has 1 aromatic rings. The zero-order valence-corrected chi connectivity index (χ0v) is 16.0. The molecule has 2 aliphatic rings. The van der Waals surface area contributed by atoms with Crippen molar-refractivity contribution in [2.75, 3.05) is 37.6 Å². The van der Waals surface area contributed by atoms with E-state index in [1.165, 1.54) is 37.2 Å². The van der Waals surface area contributed by atoms with Crippen molar-refractivity contribution in [2.45, 2.75) is 52.1 Å². The van der Waals surface area contributed by atoms with Crippen LogP contribution < -0.4 is 10.2 Å². The average molecular weight is 344 g/mol. The van der Waals surface area contributed by atoms with E-state index in [1.54, 1.807) is 0 Å². The number of hydrogen-bond acceptors (Lipinski definition) is 4. The Labute approximate surface area is 152 Å². The molecule has 1 fully saturated rings. The Kier molecular flexibility index (Phi) is 6.13. The summed E-state index contributed by atoms with van der Waals surface area (Å²) in [7, 11) is 0. The topological polar surface area (TPSA) is 35.6 Å². The molecule has 4 heteroatoms. The first-order chi connectivity index (χ1) is 12.1. The van der Waals surface area contributed by atoms with Crippen LogP contribution in [0.25, 0.3) is 0 Å². The van der Waals surface area contributed by atoms with Gasteiger partial charge in [-0.25, -0.2) is 0 Å². The summed E-state index contributed by atoms with van der Waals surface area (Å²) in [6.45, 7) is 12.2. The molecule has 2 heterocycles. The van der Waals surface area contributed by atoms with Gasteiger partial charge in [-0.1, -0.05) is 32.9 Å². The molecular formula is C21H33N3O. The van der Waals surface area contributed by atoms with E-state index in [2.05, 4.69) is 54.1 Å².